The first kappa shape index (κ1) is 15.1. The van der Waals surface area contributed by atoms with E-state index in [1.807, 2.05) is 0 Å². The zero-order valence-electron chi connectivity index (χ0n) is 11.7. The van der Waals surface area contributed by atoms with Crippen molar-refractivity contribution in [2.24, 2.45) is 5.92 Å². The van der Waals surface area contributed by atoms with Crippen LogP contribution in [0.3, 0.4) is 0 Å². The Balaban J connectivity index is 1.92. The topological polar surface area (TPSA) is 16.1 Å². The standard InChI is InChI=1S/C15H22Cl2N2/c1-3-11-4-6-13(7-5-11)19(2)10-12-9-18-15(17)8-14(12)16/h8-9,11,13H,3-7,10H2,1-2H3. The van der Waals surface area contributed by atoms with Gasteiger partial charge in [-0.05, 0) is 44.7 Å². The molecule has 1 fully saturated rings. The zero-order valence-corrected chi connectivity index (χ0v) is 13.2. The van der Waals surface area contributed by atoms with Crippen LogP contribution in [-0.4, -0.2) is 23.0 Å². The summed E-state index contributed by atoms with van der Waals surface area (Å²) in [6.45, 7) is 3.15. The Kier molecular flexibility index (Phi) is 5.49. The van der Waals surface area contributed by atoms with Crippen LogP contribution in [-0.2, 0) is 6.54 Å². The second-order valence-electron chi connectivity index (χ2n) is 5.60. The summed E-state index contributed by atoms with van der Waals surface area (Å²) in [6.07, 6.45) is 8.43. The first-order chi connectivity index (χ1) is 9.10. The lowest BCUT2D eigenvalue weighted by molar-refractivity contribution is 0.157. The van der Waals surface area contributed by atoms with E-state index in [0.717, 1.165) is 18.0 Å². The maximum absolute atomic E-state index is 6.21. The fourth-order valence-electron chi connectivity index (χ4n) is 2.94. The highest BCUT2D eigenvalue weighted by Gasteiger charge is 2.23. The Bertz CT molecular complexity index is 415. The Hall–Kier alpha value is -0.310. The van der Waals surface area contributed by atoms with Crippen LogP contribution in [0.5, 0.6) is 0 Å². The number of hydrogen-bond acceptors (Lipinski definition) is 2. The van der Waals surface area contributed by atoms with Crippen molar-refractivity contribution in [3.63, 3.8) is 0 Å². The van der Waals surface area contributed by atoms with Crippen molar-refractivity contribution in [1.29, 1.82) is 0 Å². The minimum Gasteiger partial charge on any atom is -0.299 e. The normalized spacial score (nSPS) is 23.8. The summed E-state index contributed by atoms with van der Waals surface area (Å²) >= 11 is 12.0. The van der Waals surface area contributed by atoms with Gasteiger partial charge in [0.2, 0.25) is 0 Å². The van der Waals surface area contributed by atoms with Gasteiger partial charge in [-0.2, -0.15) is 0 Å². The predicted molar refractivity (Wildman–Crippen MR) is 81.8 cm³/mol. The van der Waals surface area contributed by atoms with Gasteiger partial charge in [0.05, 0.1) is 0 Å². The third kappa shape index (κ3) is 4.08. The molecule has 2 rings (SSSR count). The number of hydrogen-bond donors (Lipinski definition) is 0. The van der Waals surface area contributed by atoms with Crippen LogP contribution in [0.15, 0.2) is 12.3 Å². The number of pyridine rings is 1. The largest absolute Gasteiger partial charge is 0.299 e. The molecule has 1 aromatic rings. The van der Waals surface area contributed by atoms with Crippen molar-refractivity contribution >= 4 is 23.2 Å². The minimum absolute atomic E-state index is 0.458. The molecule has 2 nitrogen and oxygen atoms in total. The molecule has 0 bridgehead atoms. The van der Waals surface area contributed by atoms with Gasteiger partial charge >= 0.3 is 0 Å². The van der Waals surface area contributed by atoms with Crippen LogP contribution >= 0.6 is 23.2 Å². The summed E-state index contributed by atoms with van der Waals surface area (Å²) in [7, 11) is 2.18. The highest BCUT2D eigenvalue weighted by molar-refractivity contribution is 6.34. The van der Waals surface area contributed by atoms with E-state index in [2.05, 4.69) is 23.9 Å². The van der Waals surface area contributed by atoms with E-state index in [1.54, 1.807) is 12.3 Å². The van der Waals surface area contributed by atoms with Crippen LogP contribution in [0.4, 0.5) is 0 Å². The van der Waals surface area contributed by atoms with Crippen molar-refractivity contribution in [3.05, 3.63) is 28.0 Å². The van der Waals surface area contributed by atoms with E-state index in [4.69, 9.17) is 23.2 Å². The third-order valence-corrected chi connectivity index (χ3v) is 4.89. The SMILES string of the molecule is CCC1CCC(N(C)Cc2cnc(Cl)cc2Cl)CC1. The van der Waals surface area contributed by atoms with E-state index >= 15 is 0 Å². The minimum atomic E-state index is 0.458. The monoisotopic (exact) mass is 300 g/mol. The first-order valence-electron chi connectivity index (χ1n) is 7.10. The van der Waals surface area contributed by atoms with Crippen LogP contribution in [0.25, 0.3) is 0 Å². The van der Waals surface area contributed by atoms with Crippen molar-refractivity contribution in [2.75, 3.05) is 7.05 Å². The molecule has 1 aliphatic rings. The Morgan fingerprint density at radius 3 is 2.53 bits per heavy atom. The van der Waals surface area contributed by atoms with Crippen LogP contribution in [0.1, 0.15) is 44.6 Å². The summed E-state index contributed by atoms with van der Waals surface area (Å²) in [5.74, 6) is 0.936. The van der Waals surface area contributed by atoms with Gasteiger partial charge in [0.15, 0.2) is 0 Å². The predicted octanol–water partition coefficient (Wildman–Crippen LogP) is 4.79. The number of rotatable bonds is 4. The average Bonchev–Trinajstić information content (AvgIpc) is 2.42. The van der Waals surface area contributed by atoms with Crippen molar-refractivity contribution in [1.82, 2.24) is 9.88 Å². The van der Waals surface area contributed by atoms with E-state index in [1.165, 1.54) is 32.1 Å². The zero-order chi connectivity index (χ0) is 13.8. The van der Waals surface area contributed by atoms with Gasteiger partial charge in [0, 0.05) is 29.4 Å². The van der Waals surface area contributed by atoms with Gasteiger partial charge in [-0.3, -0.25) is 4.90 Å². The van der Waals surface area contributed by atoms with Crippen LogP contribution in [0, 0.1) is 5.92 Å². The van der Waals surface area contributed by atoms with Gasteiger partial charge in [-0.25, -0.2) is 4.98 Å². The Labute approximate surface area is 126 Å². The third-order valence-electron chi connectivity index (χ3n) is 4.33. The highest BCUT2D eigenvalue weighted by Crippen LogP contribution is 2.30. The number of aromatic nitrogens is 1. The van der Waals surface area contributed by atoms with E-state index < -0.39 is 0 Å². The fourth-order valence-corrected chi connectivity index (χ4v) is 3.37. The molecule has 0 saturated heterocycles. The quantitative estimate of drug-likeness (QED) is 0.743. The summed E-state index contributed by atoms with van der Waals surface area (Å²) < 4.78 is 0. The second-order valence-corrected chi connectivity index (χ2v) is 6.39. The lowest BCUT2D eigenvalue weighted by Crippen LogP contribution is -2.34. The lowest BCUT2D eigenvalue weighted by Gasteiger charge is -2.34. The molecule has 4 heteroatoms. The summed E-state index contributed by atoms with van der Waals surface area (Å²) in [6, 6.07) is 2.40. The molecule has 106 valence electrons. The van der Waals surface area contributed by atoms with E-state index in [9.17, 15) is 0 Å². The molecule has 0 radical (unpaired) electrons. The van der Waals surface area contributed by atoms with E-state index in [0.29, 0.717) is 16.2 Å². The molecule has 1 aliphatic carbocycles. The fraction of sp³-hybridized carbons (Fsp3) is 0.667. The van der Waals surface area contributed by atoms with Crippen LogP contribution < -0.4 is 0 Å². The van der Waals surface area contributed by atoms with Crippen molar-refractivity contribution in [3.8, 4) is 0 Å². The van der Waals surface area contributed by atoms with Gasteiger partial charge in [-0.15, -0.1) is 0 Å². The molecule has 0 amide bonds. The summed E-state index contributed by atoms with van der Waals surface area (Å²) in [5.41, 5.74) is 1.06. The molecular weight excluding hydrogens is 279 g/mol. The van der Waals surface area contributed by atoms with Gasteiger partial charge in [-0.1, -0.05) is 36.5 Å². The molecule has 19 heavy (non-hydrogen) atoms. The average molecular weight is 301 g/mol. The highest BCUT2D eigenvalue weighted by atomic mass is 35.5. The molecule has 0 aromatic carbocycles. The summed E-state index contributed by atoms with van der Waals surface area (Å²) in [4.78, 5) is 6.52. The number of nitrogens with zero attached hydrogens (tertiary/aromatic N) is 2. The maximum Gasteiger partial charge on any atom is 0.130 e. The lowest BCUT2D eigenvalue weighted by atomic mass is 9.84. The van der Waals surface area contributed by atoms with Gasteiger partial charge in [0.1, 0.15) is 5.15 Å². The molecule has 1 heterocycles. The number of halogens is 2. The molecule has 0 spiro atoms. The van der Waals surface area contributed by atoms with Crippen molar-refractivity contribution in [2.45, 2.75) is 51.6 Å². The molecule has 0 aliphatic heterocycles. The molecular formula is C15H22Cl2N2. The molecule has 0 unspecified atom stereocenters. The molecule has 0 atom stereocenters. The Morgan fingerprint density at radius 2 is 1.95 bits per heavy atom. The van der Waals surface area contributed by atoms with E-state index in [-0.39, 0.29) is 0 Å². The second kappa shape index (κ2) is 6.92. The molecule has 1 aromatic heterocycles. The summed E-state index contributed by atoms with van der Waals surface area (Å²) in [5, 5.41) is 1.17. The molecule has 0 N–H and O–H groups in total. The molecule has 1 saturated carbocycles. The maximum atomic E-state index is 6.21. The Morgan fingerprint density at radius 1 is 1.26 bits per heavy atom. The van der Waals surface area contributed by atoms with Crippen molar-refractivity contribution < 1.29 is 0 Å². The first-order valence-corrected chi connectivity index (χ1v) is 7.86. The van der Waals surface area contributed by atoms with Crippen LogP contribution in [0.2, 0.25) is 10.2 Å². The van der Waals surface area contributed by atoms with Gasteiger partial charge in [0.25, 0.3) is 0 Å². The smallest absolute Gasteiger partial charge is 0.130 e. The van der Waals surface area contributed by atoms with Gasteiger partial charge < -0.3 is 0 Å².